The Labute approximate surface area is 109 Å². The molecule has 0 aliphatic heterocycles. The lowest BCUT2D eigenvalue weighted by molar-refractivity contribution is -0.132. The zero-order valence-electron chi connectivity index (χ0n) is 11.1. The molecule has 0 atom stereocenters. The highest BCUT2D eigenvalue weighted by molar-refractivity contribution is 5.78. The monoisotopic (exact) mass is 247 g/mol. The highest BCUT2D eigenvalue weighted by Gasteiger charge is 2.16. The Morgan fingerprint density at radius 3 is 2.89 bits per heavy atom. The summed E-state index contributed by atoms with van der Waals surface area (Å²) < 4.78 is 0. The van der Waals surface area contributed by atoms with Gasteiger partial charge in [-0.15, -0.1) is 6.58 Å². The fraction of sp³-hybridized carbons (Fsp3) is 0.429. The third-order valence-corrected chi connectivity index (χ3v) is 2.57. The Kier molecular flexibility index (Phi) is 6.08. The number of nitrogens with zero attached hydrogens (tertiary/aromatic N) is 2. The summed E-state index contributed by atoms with van der Waals surface area (Å²) in [6.45, 7) is 9.14. The van der Waals surface area contributed by atoms with Crippen LogP contribution in [0.5, 0.6) is 0 Å². The molecule has 1 amide bonds. The number of pyridine rings is 1. The number of amides is 1. The fourth-order valence-electron chi connectivity index (χ4n) is 1.61. The minimum atomic E-state index is 0.0810. The number of carbonyl (C=O) groups is 1. The van der Waals surface area contributed by atoms with Gasteiger partial charge in [0, 0.05) is 18.8 Å². The quantitative estimate of drug-likeness (QED) is 0.588. The molecule has 0 aromatic carbocycles. The molecule has 0 unspecified atom stereocenters. The molecule has 1 N–H and O–H groups in total. The van der Waals surface area contributed by atoms with Crippen LogP contribution in [0.25, 0.3) is 0 Å². The van der Waals surface area contributed by atoms with Gasteiger partial charge < -0.3 is 10.2 Å². The second kappa shape index (κ2) is 7.61. The minimum Gasteiger partial charge on any atom is -0.333 e. The fourth-order valence-corrected chi connectivity index (χ4v) is 1.61. The summed E-state index contributed by atoms with van der Waals surface area (Å²) in [5.41, 5.74) is 0.906. The molecule has 98 valence electrons. The molecule has 0 bridgehead atoms. The van der Waals surface area contributed by atoms with E-state index in [2.05, 4.69) is 16.9 Å². The smallest absolute Gasteiger partial charge is 0.237 e. The van der Waals surface area contributed by atoms with Crippen molar-refractivity contribution in [3.63, 3.8) is 0 Å². The summed E-state index contributed by atoms with van der Waals surface area (Å²) in [6.07, 6.45) is 3.49. The first-order valence-corrected chi connectivity index (χ1v) is 6.16. The molecular weight excluding hydrogens is 226 g/mol. The van der Waals surface area contributed by atoms with Crippen LogP contribution in [0.2, 0.25) is 0 Å². The van der Waals surface area contributed by atoms with E-state index in [1.807, 2.05) is 36.9 Å². The van der Waals surface area contributed by atoms with E-state index in [-0.39, 0.29) is 11.9 Å². The van der Waals surface area contributed by atoms with Crippen molar-refractivity contribution in [2.45, 2.75) is 26.4 Å². The van der Waals surface area contributed by atoms with E-state index in [0.717, 1.165) is 5.69 Å². The average molecular weight is 247 g/mol. The standard InChI is InChI=1S/C14H21N3O/c1-4-8-15-10-14(18)17(12(2)3)11-13-7-5-6-9-16-13/h4-7,9,12,15H,1,8,10-11H2,2-3H3. The van der Waals surface area contributed by atoms with Crippen molar-refractivity contribution in [3.8, 4) is 0 Å². The van der Waals surface area contributed by atoms with Gasteiger partial charge in [-0.2, -0.15) is 0 Å². The van der Waals surface area contributed by atoms with Gasteiger partial charge in [-0.1, -0.05) is 12.1 Å². The summed E-state index contributed by atoms with van der Waals surface area (Å²) in [6, 6.07) is 5.89. The van der Waals surface area contributed by atoms with Crippen LogP contribution in [0.3, 0.4) is 0 Å². The van der Waals surface area contributed by atoms with Gasteiger partial charge in [0.25, 0.3) is 0 Å². The molecule has 1 aromatic rings. The van der Waals surface area contributed by atoms with E-state index >= 15 is 0 Å². The van der Waals surface area contributed by atoms with E-state index in [1.54, 1.807) is 12.3 Å². The SMILES string of the molecule is C=CCNCC(=O)N(Cc1ccccn1)C(C)C. The van der Waals surface area contributed by atoms with E-state index in [0.29, 0.717) is 19.6 Å². The van der Waals surface area contributed by atoms with Crippen LogP contribution in [0, 0.1) is 0 Å². The summed E-state index contributed by atoms with van der Waals surface area (Å²) in [7, 11) is 0. The maximum atomic E-state index is 12.1. The second-order valence-electron chi connectivity index (χ2n) is 4.36. The lowest BCUT2D eigenvalue weighted by Crippen LogP contribution is -2.42. The van der Waals surface area contributed by atoms with Gasteiger partial charge in [0.15, 0.2) is 0 Å². The van der Waals surface area contributed by atoms with Gasteiger partial charge in [0.05, 0.1) is 18.8 Å². The molecule has 1 rings (SSSR count). The molecule has 0 spiro atoms. The predicted octanol–water partition coefficient (Wildman–Crippen LogP) is 1.59. The third-order valence-electron chi connectivity index (χ3n) is 2.57. The minimum absolute atomic E-state index is 0.0810. The van der Waals surface area contributed by atoms with Crippen LogP contribution in [0.1, 0.15) is 19.5 Å². The van der Waals surface area contributed by atoms with Crippen molar-refractivity contribution in [3.05, 3.63) is 42.7 Å². The maximum Gasteiger partial charge on any atom is 0.237 e. The Morgan fingerprint density at radius 1 is 1.56 bits per heavy atom. The number of rotatable bonds is 7. The lowest BCUT2D eigenvalue weighted by Gasteiger charge is -2.26. The Balaban J connectivity index is 2.59. The summed E-state index contributed by atoms with van der Waals surface area (Å²) in [5.74, 6) is 0.0810. The zero-order chi connectivity index (χ0) is 13.4. The Morgan fingerprint density at radius 2 is 2.33 bits per heavy atom. The first kappa shape index (κ1) is 14.4. The summed E-state index contributed by atoms with van der Waals surface area (Å²) >= 11 is 0. The van der Waals surface area contributed by atoms with Crippen molar-refractivity contribution in [1.29, 1.82) is 0 Å². The van der Waals surface area contributed by atoms with Gasteiger partial charge in [0.2, 0.25) is 5.91 Å². The number of hydrogen-bond donors (Lipinski definition) is 1. The van der Waals surface area contributed by atoms with Crippen molar-refractivity contribution >= 4 is 5.91 Å². The highest BCUT2D eigenvalue weighted by Crippen LogP contribution is 2.06. The molecular formula is C14H21N3O. The van der Waals surface area contributed by atoms with E-state index in [9.17, 15) is 4.79 Å². The molecule has 4 heteroatoms. The molecule has 0 fully saturated rings. The van der Waals surface area contributed by atoms with Gasteiger partial charge in [-0.3, -0.25) is 9.78 Å². The zero-order valence-corrected chi connectivity index (χ0v) is 11.1. The summed E-state index contributed by atoms with van der Waals surface area (Å²) in [4.78, 5) is 18.1. The molecule has 1 heterocycles. The molecule has 0 aliphatic carbocycles. The van der Waals surface area contributed by atoms with Crippen LogP contribution in [0.15, 0.2) is 37.1 Å². The number of nitrogens with one attached hydrogen (secondary N) is 1. The number of carbonyl (C=O) groups excluding carboxylic acids is 1. The molecule has 0 saturated carbocycles. The molecule has 4 nitrogen and oxygen atoms in total. The third kappa shape index (κ3) is 4.67. The number of hydrogen-bond acceptors (Lipinski definition) is 3. The van der Waals surface area contributed by atoms with Gasteiger partial charge in [0.1, 0.15) is 0 Å². The second-order valence-corrected chi connectivity index (χ2v) is 4.36. The van der Waals surface area contributed by atoms with Crippen LogP contribution in [-0.2, 0) is 11.3 Å². The Hall–Kier alpha value is -1.68. The first-order chi connectivity index (χ1) is 8.65. The lowest BCUT2D eigenvalue weighted by atomic mass is 10.2. The molecule has 0 radical (unpaired) electrons. The highest BCUT2D eigenvalue weighted by atomic mass is 16.2. The topological polar surface area (TPSA) is 45.2 Å². The van der Waals surface area contributed by atoms with E-state index in [1.165, 1.54) is 0 Å². The first-order valence-electron chi connectivity index (χ1n) is 6.16. The van der Waals surface area contributed by atoms with Gasteiger partial charge in [-0.25, -0.2) is 0 Å². The van der Waals surface area contributed by atoms with E-state index in [4.69, 9.17) is 0 Å². The molecule has 1 aromatic heterocycles. The van der Waals surface area contributed by atoms with Gasteiger partial charge in [-0.05, 0) is 26.0 Å². The van der Waals surface area contributed by atoms with Crippen LogP contribution < -0.4 is 5.32 Å². The molecule has 0 saturated heterocycles. The van der Waals surface area contributed by atoms with Crippen molar-refractivity contribution in [2.75, 3.05) is 13.1 Å². The van der Waals surface area contributed by atoms with Gasteiger partial charge >= 0.3 is 0 Å². The van der Waals surface area contributed by atoms with Crippen LogP contribution in [0.4, 0.5) is 0 Å². The predicted molar refractivity (Wildman–Crippen MR) is 73.0 cm³/mol. The maximum absolute atomic E-state index is 12.1. The van der Waals surface area contributed by atoms with Crippen molar-refractivity contribution in [1.82, 2.24) is 15.2 Å². The van der Waals surface area contributed by atoms with Crippen LogP contribution in [-0.4, -0.2) is 34.9 Å². The molecule has 0 aliphatic rings. The largest absolute Gasteiger partial charge is 0.333 e. The summed E-state index contributed by atoms with van der Waals surface area (Å²) in [5, 5.41) is 3.03. The Bertz CT molecular complexity index is 376. The van der Waals surface area contributed by atoms with Crippen LogP contribution >= 0.6 is 0 Å². The van der Waals surface area contributed by atoms with Crippen molar-refractivity contribution in [2.24, 2.45) is 0 Å². The molecule has 18 heavy (non-hydrogen) atoms. The average Bonchev–Trinajstić information content (AvgIpc) is 2.37. The number of aromatic nitrogens is 1. The normalized spacial score (nSPS) is 10.4. The van der Waals surface area contributed by atoms with Crippen molar-refractivity contribution < 1.29 is 4.79 Å². The van der Waals surface area contributed by atoms with E-state index < -0.39 is 0 Å².